The molecule has 6 nitrogen and oxygen atoms in total. The van der Waals surface area contributed by atoms with Gasteiger partial charge >= 0.3 is 0 Å². The molecule has 1 aromatic carbocycles. The van der Waals surface area contributed by atoms with Crippen LogP contribution in [0, 0.1) is 5.82 Å². The van der Waals surface area contributed by atoms with E-state index in [2.05, 4.69) is 36.0 Å². The molecular weight excluding hydrogens is 341 g/mol. The van der Waals surface area contributed by atoms with Crippen molar-refractivity contribution in [2.75, 3.05) is 0 Å². The molecule has 0 radical (unpaired) electrons. The molecular formula is C13H11BrFN5O. The third kappa shape index (κ3) is 3.17. The number of benzene rings is 1. The molecule has 0 aliphatic carbocycles. The number of hydrogen-bond acceptors (Lipinski definition) is 5. The summed E-state index contributed by atoms with van der Waals surface area (Å²) in [6, 6.07) is 3.94. The van der Waals surface area contributed by atoms with Crippen molar-refractivity contribution in [2.45, 2.75) is 12.5 Å². The number of aromatic nitrogens is 4. The zero-order valence-corrected chi connectivity index (χ0v) is 12.3. The summed E-state index contributed by atoms with van der Waals surface area (Å²) in [5.41, 5.74) is 7.40. The standard InChI is InChI=1S/C13H11BrFN5O/c14-8-1-7(2-9(15)3-8)12-19-13(21-20-12)11(16)4-10-5-17-6-18-10/h1-3,5-6,11H,4,16H2,(H,17,18). The quantitative estimate of drug-likeness (QED) is 0.753. The minimum Gasteiger partial charge on any atom is -0.348 e. The fraction of sp³-hybridized carbons (Fsp3) is 0.154. The van der Waals surface area contributed by atoms with Crippen LogP contribution in [0.1, 0.15) is 17.6 Å². The maximum absolute atomic E-state index is 13.4. The minimum absolute atomic E-state index is 0.292. The van der Waals surface area contributed by atoms with E-state index in [0.717, 1.165) is 5.69 Å². The van der Waals surface area contributed by atoms with Crippen molar-refractivity contribution in [3.05, 3.63) is 52.6 Å². The van der Waals surface area contributed by atoms with Gasteiger partial charge < -0.3 is 15.2 Å². The molecule has 0 amide bonds. The van der Waals surface area contributed by atoms with Crippen molar-refractivity contribution in [1.29, 1.82) is 0 Å². The molecule has 3 N–H and O–H groups in total. The third-order valence-electron chi connectivity index (χ3n) is 2.87. The van der Waals surface area contributed by atoms with Gasteiger partial charge in [0.15, 0.2) is 0 Å². The van der Waals surface area contributed by atoms with E-state index in [1.807, 2.05) is 0 Å². The van der Waals surface area contributed by atoms with Gasteiger partial charge in [0.05, 0.1) is 12.4 Å². The Hall–Kier alpha value is -2.06. The van der Waals surface area contributed by atoms with Crippen LogP contribution in [0.2, 0.25) is 0 Å². The zero-order valence-electron chi connectivity index (χ0n) is 10.8. The van der Waals surface area contributed by atoms with Crippen LogP contribution in [0.15, 0.2) is 39.7 Å². The molecule has 0 saturated heterocycles. The van der Waals surface area contributed by atoms with Crippen LogP contribution in [0.5, 0.6) is 0 Å². The van der Waals surface area contributed by atoms with Gasteiger partial charge in [-0.1, -0.05) is 21.1 Å². The van der Waals surface area contributed by atoms with Crippen LogP contribution in [-0.4, -0.2) is 20.1 Å². The van der Waals surface area contributed by atoms with E-state index >= 15 is 0 Å². The van der Waals surface area contributed by atoms with Gasteiger partial charge in [-0.15, -0.1) is 0 Å². The molecule has 21 heavy (non-hydrogen) atoms. The maximum Gasteiger partial charge on any atom is 0.244 e. The maximum atomic E-state index is 13.4. The van der Waals surface area contributed by atoms with E-state index in [0.29, 0.717) is 28.2 Å². The number of nitrogens with two attached hydrogens (primary N) is 1. The molecule has 0 saturated carbocycles. The summed E-state index contributed by atoms with van der Waals surface area (Å²) < 4.78 is 19.1. The molecule has 3 rings (SSSR count). The Kier molecular flexibility index (Phi) is 3.80. The average molecular weight is 352 g/mol. The van der Waals surface area contributed by atoms with Crippen LogP contribution in [0.25, 0.3) is 11.4 Å². The van der Waals surface area contributed by atoms with Crippen LogP contribution < -0.4 is 5.73 Å². The topological polar surface area (TPSA) is 93.6 Å². The van der Waals surface area contributed by atoms with Crippen molar-refractivity contribution in [3.63, 3.8) is 0 Å². The predicted molar refractivity (Wildman–Crippen MR) is 76.6 cm³/mol. The number of rotatable bonds is 4. The lowest BCUT2D eigenvalue weighted by Crippen LogP contribution is -2.14. The summed E-state index contributed by atoms with van der Waals surface area (Å²) in [7, 11) is 0. The molecule has 2 heterocycles. The number of nitrogens with one attached hydrogen (secondary N) is 1. The smallest absolute Gasteiger partial charge is 0.244 e. The average Bonchev–Trinajstić information content (AvgIpc) is 3.08. The Labute approximate surface area is 127 Å². The van der Waals surface area contributed by atoms with Gasteiger partial charge in [-0.25, -0.2) is 9.37 Å². The molecule has 1 atom stereocenters. The van der Waals surface area contributed by atoms with Crippen molar-refractivity contribution in [1.82, 2.24) is 20.1 Å². The molecule has 0 aliphatic heterocycles. The molecule has 3 aromatic rings. The van der Waals surface area contributed by atoms with E-state index in [4.69, 9.17) is 10.3 Å². The van der Waals surface area contributed by atoms with E-state index in [1.54, 1.807) is 18.6 Å². The largest absolute Gasteiger partial charge is 0.348 e. The van der Waals surface area contributed by atoms with Crippen LogP contribution in [0.4, 0.5) is 4.39 Å². The van der Waals surface area contributed by atoms with Gasteiger partial charge in [-0.3, -0.25) is 0 Å². The number of hydrogen-bond donors (Lipinski definition) is 2. The summed E-state index contributed by atoms with van der Waals surface area (Å²) in [5, 5.41) is 3.84. The third-order valence-corrected chi connectivity index (χ3v) is 3.33. The highest BCUT2D eigenvalue weighted by molar-refractivity contribution is 9.10. The lowest BCUT2D eigenvalue weighted by Gasteiger charge is -2.03. The number of H-pyrrole nitrogens is 1. The summed E-state index contributed by atoms with van der Waals surface area (Å²) in [4.78, 5) is 11.1. The van der Waals surface area contributed by atoms with Crippen molar-refractivity contribution in [2.24, 2.45) is 5.73 Å². The normalized spacial score (nSPS) is 12.5. The Morgan fingerprint density at radius 1 is 1.38 bits per heavy atom. The first-order valence-electron chi connectivity index (χ1n) is 6.15. The van der Waals surface area contributed by atoms with Gasteiger partial charge in [0, 0.05) is 28.3 Å². The molecule has 108 valence electrons. The minimum atomic E-state index is -0.455. The van der Waals surface area contributed by atoms with Crippen LogP contribution in [-0.2, 0) is 6.42 Å². The second-order valence-electron chi connectivity index (χ2n) is 4.50. The first kappa shape index (κ1) is 13.9. The monoisotopic (exact) mass is 351 g/mol. The van der Waals surface area contributed by atoms with Crippen molar-refractivity contribution < 1.29 is 8.91 Å². The molecule has 8 heteroatoms. The molecule has 1 unspecified atom stereocenters. The molecule has 0 spiro atoms. The Balaban J connectivity index is 1.82. The highest BCUT2D eigenvalue weighted by Crippen LogP contribution is 2.24. The lowest BCUT2D eigenvalue weighted by atomic mass is 10.2. The van der Waals surface area contributed by atoms with Gasteiger partial charge in [-0.2, -0.15) is 4.98 Å². The SMILES string of the molecule is NC(Cc1cnc[nH]1)c1nc(-c2cc(F)cc(Br)c2)no1. The highest BCUT2D eigenvalue weighted by atomic mass is 79.9. The molecule has 0 fully saturated rings. The fourth-order valence-electron chi connectivity index (χ4n) is 1.91. The second kappa shape index (κ2) is 5.74. The predicted octanol–water partition coefficient (Wildman–Crippen LogP) is 2.60. The Morgan fingerprint density at radius 2 is 2.24 bits per heavy atom. The summed E-state index contributed by atoms with van der Waals surface area (Å²) in [6.45, 7) is 0. The number of aromatic amines is 1. The van der Waals surface area contributed by atoms with E-state index in [1.165, 1.54) is 12.1 Å². The summed E-state index contributed by atoms with van der Waals surface area (Å²) >= 11 is 3.22. The van der Waals surface area contributed by atoms with E-state index in [-0.39, 0.29) is 5.82 Å². The first-order chi connectivity index (χ1) is 10.1. The van der Waals surface area contributed by atoms with Gasteiger partial charge in [-0.05, 0) is 18.2 Å². The summed E-state index contributed by atoms with van der Waals surface area (Å²) in [5.74, 6) is 0.206. The Bertz CT molecular complexity index is 723. The Morgan fingerprint density at radius 3 is 2.95 bits per heavy atom. The second-order valence-corrected chi connectivity index (χ2v) is 5.42. The van der Waals surface area contributed by atoms with E-state index in [9.17, 15) is 4.39 Å². The van der Waals surface area contributed by atoms with Gasteiger partial charge in [0.2, 0.25) is 11.7 Å². The number of nitrogens with zero attached hydrogens (tertiary/aromatic N) is 3. The number of imidazole rings is 1. The van der Waals surface area contributed by atoms with Crippen LogP contribution in [0.3, 0.4) is 0 Å². The van der Waals surface area contributed by atoms with Crippen LogP contribution >= 0.6 is 15.9 Å². The molecule has 2 aromatic heterocycles. The zero-order chi connectivity index (χ0) is 14.8. The molecule has 0 aliphatic rings. The number of halogens is 2. The highest BCUT2D eigenvalue weighted by Gasteiger charge is 2.17. The van der Waals surface area contributed by atoms with Gasteiger partial charge in [0.25, 0.3) is 0 Å². The van der Waals surface area contributed by atoms with Crippen molar-refractivity contribution >= 4 is 15.9 Å². The molecule has 0 bridgehead atoms. The first-order valence-corrected chi connectivity index (χ1v) is 6.94. The van der Waals surface area contributed by atoms with Gasteiger partial charge in [0.1, 0.15) is 5.82 Å². The summed E-state index contributed by atoms with van der Waals surface area (Å²) in [6.07, 6.45) is 3.75. The lowest BCUT2D eigenvalue weighted by molar-refractivity contribution is 0.354. The van der Waals surface area contributed by atoms with Crippen molar-refractivity contribution in [3.8, 4) is 11.4 Å². The van der Waals surface area contributed by atoms with E-state index < -0.39 is 6.04 Å². The fourth-order valence-corrected chi connectivity index (χ4v) is 2.37.